The summed E-state index contributed by atoms with van der Waals surface area (Å²) >= 11 is 3.39. The maximum Gasteiger partial charge on any atom is 0.343 e. The Morgan fingerprint density at radius 2 is 1.48 bits per heavy atom. The quantitative estimate of drug-likeness (QED) is 0.286. The van der Waals surface area contributed by atoms with Crippen molar-refractivity contribution in [1.82, 2.24) is 0 Å². The lowest BCUT2D eigenvalue weighted by Crippen LogP contribution is -2.10. The molecule has 3 aromatic carbocycles. The van der Waals surface area contributed by atoms with E-state index in [-0.39, 0.29) is 0 Å². The molecule has 0 aliphatic carbocycles. The van der Waals surface area contributed by atoms with Crippen LogP contribution in [-0.4, -0.2) is 19.2 Å². The van der Waals surface area contributed by atoms with E-state index >= 15 is 0 Å². The first kappa shape index (κ1) is 19.0. The molecule has 0 atom stereocenters. The van der Waals surface area contributed by atoms with Crippen LogP contribution in [-0.2, 0) is 0 Å². The summed E-state index contributed by atoms with van der Waals surface area (Å²) in [5, 5.41) is 0. The van der Waals surface area contributed by atoms with Gasteiger partial charge in [0, 0.05) is 4.47 Å². The fraction of sp³-hybridized carbons (Fsp3) is 0.136. The summed E-state index contributed by atoms with van der Waals surface area (Å²) in [5.41, 5.74) is 1.35. The van der Waals surface area contributed by atoms with Crippen LogP contribution in [0.1, 0.15) is 15.9 Å². The fourth-order valence-corrected chi connectivity index (χ4v) is 2.88. The van der Waals surface area contributed by atoms with Gasteiger partial charge in [0.25, 0.3) is 0 Å². The first-order valence-electron chi connectivity index (χ1n) is 8.51. The standard InChI is InChI=1S/C22H19BrO4/c1-16-15-18(23)9-12-21(16)27-22(24)17-7-10-20(11-8-17)26-14-13-25-19-5-3-2-4-6-19/h2-12,15H,13-14H2,1H3. The molecule has 0 spiro atoms. The number of rotatable bonds is 7. The van der Waals surface area contributed by atoms with E-state index in [1.165, 1.54) is 0 Å². The molecule has 0 fully saturated rings. The fourth-order valence-electron chi connectivity index (χ4n) is 2.41. The number of benzene rings is 3. The molecule has 138 valence electrons. The molecule has 0 saturated heterocycles. The highest BCUT2D eigenvalue weighted by molar-refractivity contribution is 9.10. The van der Waals surface area contributed by atoms with Crippen molar-refractivity contribution in [2.75, 3.05) is 13.2 Å². The molecule has 3 rings (SSSR count). The Morgan fingerprint density at radius 1 is 0.852 bits per heavy atom. The number of hydrogen-bond donors (Lipinski definition) is 0. The number of carbonyl (C=O) groups is 1. The minimum atomic E-state index is -0.403. The highest BCUT2D eigenvalue weighted by atomic mass is 79.9. The molecule has 0 unspecified atom stereocenters. The Balaban J connectivity index is 1.49. The van der Waals surface area contributed by atoms with Crippen molar-refractivity contribution in [3.05, 3.63) is 88.4 Å². The average Bonchev–Trinajstić information content (AvgIpc) is 2.69. The van der Waals surface area contributed by atoms with E-state index in [2.05, 4.69) is 15.9 Å². The van der Waals surface area contributed by atoms with Gasteiger partial charge in [-0.3, -0.25) is 0 Å². The van der Waals surface area contributed by atoms with E-state index in [9.17, 15) is 4.79 Å². The van der Waals surface area contributed by atoms with Crippen LogP contribution in [0, 0.1) is 6.92 Å². The zero-order chi connectivity index (χ0) is 19.1. The molecule has 3 aromatic rings. The summed E-state index contributed by atoms with van der Waals surface area (Å²) in [7, 11) is 0. The van der Waals surface area contributed by atoms with Crippen LogP contribution in [0.25, 0.3) is 0 Å². The van der Waals surface area contributed by atoms with Crippen LogP contribution in [0.4, 0.5) is 0 Å². The van der Waals surface area contributed by atoms with Gasteiger partial charge >= 0.3 is 5.97 Å². The number of ether oxygens (including phenoxy) is 3. The highest BCUT2D eigenvalue weighted by Crippen LogP contribution is 2.23. The molecule has 0 heterocycles. The van der Waals surface area contributed by atoms with E-state index in [1.54, 1.807) is 30.3 Å². The van der Waals surface area contributed by atoms with Crippen LogP contribution in [0.2, 0.25) is 0 Å². The Morgan fingerprint density at radius 3 is 2.11 bits per heavy atom. The molecule has 0 radical (unpaired) electrons. The van der Waals surface area contributed by atoms with Gasteiger partial charge in [-0.1, -0.05) is 34.1 Å². The Bertz CT molecular complexity index is 892. The number of halogens is 1. The molecule has 0 aromatic heterocycles. The van der Waals surface area contributed by atoms with Crippen molar-refractivity contribution in [2.24, 2.45) is 0 Å². The molecule has 0 N–H and O–H groups in total. The third kappa shape index (κ3) is 5.59. The maximum absolute atomic E-state index is 12.3. The molecular formula is C22H19BrO4. The number of aryl methyl sites for hydroxylation is 1. The monoisotopic (exact) mass is 426 g/mol. The molecule has 0 bridgehead atoms. The summed E-state index contributed by atoms with van der Waals surface area (Å²) in [4.78, 5) is 12.3. The summed E-state index contributed by atoms with van der Waals surface area (Å²) in [5.74, 6) is 1.62. The highest BCUT2D eigenvalue weighted by Gasteiger charge is 2.10. The van der Waals surface area contributed by atoms with Gasteiger partial charge in [-0.05, 0) is 67.1 Å². The molecule has 0 saturated carbocycles. The van der Waals surface area contributed by atoms with Gasteiger partial charge in [-0.25, -0.2) is 4.79 Å². The van der Waals surface area contributed by atoms with Crippen molar-refractivity contribution >= 4 is 21.9 Å². The molecule has 0 aliphatic heterocycles. The van der Waals surface area contributed by atoms with E-state index in [4.69, 9.17) is 14.2 Å². The Kier molecular flexibility index (Phi) is 6.49. The van der Waals surface area contributed by atoms with Gasteiger partial charge in [-0.2, -0.15) is 0 Å². The molecule has 4 nitrogen and oxygen atoms in total. The van der Waals surface area contributed by atoms with Crippen molar-refractivity contribution in [3.8, 4) is 17.2 Å². The van der Waals surface area contributed by atoms with E-state index in [0.717, 1.165) is 15.8 Å². The van der Waals surface area contributed by atoms with E-state index in [1.807, 2.05) is 49.4 Å². The Hall–Kier alpha value is -2.79. The predicted molar refractivity (Wildman–Crippen MR) is 108 cm³/mol. The summed E-state index contributed by atoms with van der Waals surface area (Å²) < 4.78 is 17.6. The second-order valence-electron chi connectivity index (χ2n) is 5.83. The third-order valence-corrected chi connectivity index (χ3v) is 4.29. The number of para-hydroxylation sites is 1. The lowest BCUT2D eigenvalue weighted by atomic mass is 10.2. The Labute approximate surface area is 166 Å². The smallest absolute Gasteiger partial charge is 0.343 e. The first-order chi connectivity index (χ1) is 13.1. The van der Waals surface area contributed by atoms with Crippen LogP contribution < -0.4 is 14.2 Å². The van der Waals surface area contributed by atoms with E-state index < -0.39 is 5.97 Å². The molecule has 0 amide bonds. The topological polar surface area (TPSA) is 44.8 Å². The molecular weight excluding hydrogens is 408 g/mol. The van der Waals surface area contributed by atoms with Gasteiger partial charge in [0.2, 0.25) is 0 Å². The number of carbonyl (C=O) groups excluding carboxylic acids is 1. The van der Waals surface area contributed by atoms with Gasteiger partial charge in [0.1, 0.15) is 30.5 Å². The first-order valence-corrected chi connectivity index (χ1v) is 9.30. The van der Waals surface area contributed by atoms with E-state index in [0.29, 0.717) is 30.3 Å². The molecule has 27 heavy (non-hydrogen) atoms. The zero-order valence-corrected chi connectivity index (χ0v) is 16.4. The molecule has 0 aliphatic rings. The average molecular weight is 427 g/mol. The van der Waals surface area contributed by atoms with Crippen molar-refractivity contribution in [3.63, 3.8) is 0 Å². The van der Waals surface area contributed by atoms with Gasteiger partial charge in [0.05, 0.1) is 5.56 Å². The predicted octanol–water partition coefficient (Wildman–Crippen LogP) is 5.43. The molecule has 5 heteroatoms. The lowest BCUT2D eigenvalue weighted by Gasteiger charge is -2.10. The number of esters is 1. The van der Waals surface area contributed by atoms with Crippen molar-refractivity contribution in [2.45, 2.75) is 6.92 Å². The van der Waals surface area contributed by atoms with Gasteiger partial charge < -0.3 is 14.2 Å². The minimum absolute atomic E-state index is 0.403. The summed E-state index contributed by atoms with van der Waals surface area (Å²) in [6.07, 6.45) is 0. The lowest BCUT2D eigenvalue weighted by molar-refractivity contribution is 0.0733. The number of hydrogen-bond acceptors (Lipinski definition) is 4. The van der Waals surface area contributed by atoms with Crippen LogP contribution in [0.3, 0.4) is 0 Å². The summed E-state index contributed by atoms with van der Waals surface area (Å²) in [6, 6.07) is 21.9. The van der Waals surface area contributed by atoms with Gasteiger partial charge in [0.15, 0.2) is 0 Å². The minimum Gasteiger partial charge on any atom is -0.490 e. The SMILES string of the molecule is Cc1cc(Br)ccc1OC(=O)c1ccc(OCCOc2ccccc2)cc1. The normalized spacial score (nSPS) is 10.3. The van der Waals surface area contributed by atoms with Crippen LogP contribution >= 0.6 is 15.9 Å². The van der Waals surface area contributed by atoms with Crippen molar-refractivity contribution in [1.29, 1.82) is 0 Å². The second kappa shape index (κ2) is 9.24. The second-order valence-corrected chi connectivity index (χ2v) is 6.75. The van der Waals surface area contributed by atoms with Crippen LogP contribution in [0.5, 0.6) is 17.2 Å². The summed E-state index contributed by atoms with van der Waals surface area (Å²) in [6.45, 7) is 2.75. The maximum atomic E-state index is 12.3. The van der Waals surface area contributed by atoms with Crippen LogP contribution in [0.15, 0.2) is 77.3 Å². The third-order valence-electron chi connectivity index (χ3n) is 3.79. The largest absolute Gasteiger partial charge is 0.490 e. The van der Waals surface area contributed by atoms with Crippen molar-refractivity contribution < 1.29 is 19.0 Å². The van der Waals surface area contributed by atoms with Gasteiger partial charge in [-0.15, -0.1) is 0 Å². The zero-order valence-electron chi connectivity index (χ0n) is 14.9.